The second-order valence-electron chi connectivity index (χ2n) is 7.78. The minimum Gasteiger partial charge on any atom is -0.379 e. The van der Waals surface area contributed by atoms with Gasteiger partial charge in [-0.3, -0.25) is 4.79 Å². The van der Waals surface area contributed by atoms with Crippen LogP contribution in [0.1, 0.15) is 25.7 Å². The van der Waals surface area contributed by atoms with Crippen LogP contribution in [-0.2, 0) is 28.5 Å². The fourth-order valence-corrected chi connectivity index (χ4v) is 5.15. The van der Waals surface area contributed by atoms with E-state index in [2.05, 4.69) is 22.9 Å². The van der Waals surface area contributed by atoms with Crippen molar-refractivity contribution in [2.45, 2.75) is 43.0 Å². The van der Waals surface area contributed by atoms with E-state index in [-0.39, 0.29) is 24.0 Å². The minimum atomic E-state index is -0.0538. The lowest BCUT2D eigenvalue weighted by molar-refractivity contribution is -0.121. The predicted octanol–water partition coefficient (Wildman–Crippen LogP) is 0.745. The van der Waals surface area contributed by atoms with Gasteiger partial charge in [-0.25, -0.2) is 4.79 Å². The molecule has 0 aromatic rings. The molecule has 3 N–H and O–H groups in total. The summed E-state index contributed by atoms with van der Waals surface area (Å²) in [5.74, 6) is 1.02. The molecule has 0 saturated carbocycles. The van der Waals surface area contributed by atoms with Crippen molar-refractivity contribution in [3.63, 3.8) is 0 Å². The Hall–Kier alpha value is -1.11. The zero-order chi connectivity index (χ0) is 23.6. The number of carbonyl (C=O) groups is 2. The van der Waals surface area contributed by atoms with Gasteiger partial charge < -0.3 is 39.6 Å². The van der Waals surface area contributed by atoms with Crippen molar-refractivity contribution in [3.8, 4) is 0 Å². The van der Waals surface area contributed by atoms with Gasteiger partial charge in [-0.05, 0) is 19.8 Å². The zero-order valence-electron chi connectivity index (χ0n) is 19.5. The highest BCUT2D eigenvalue weighted by atomic mass is 32.2. The molecule has 3 amide bonds. The summed E-state index contributed by atoms with van der Waals surface area (Å²) >= 11 is 1.91. The molecular formula is C22H40N3O7S. The first-order valence-corrected chi connectivity index (χ1v) is 12.9. The summed E-state index contributed by atoms with van der Waals surface area (Å²) in [7, 11) is 0. The third kappa shape index (κ3) is 12.8. The number of rotatable bonds is 21. The van der Waals surface area contributed by atoms with Crippen LogP contribution in [0.4, 0.5) is 4.79 Å². The molecule has 2 rings (SSSR count). The van der Waals surface area contributed by atoms with E-state index >= 15 is 0 Å². The van der Waals surface area contributed by atoms with Crippen LogP contribution in [0, 0.1) is 6.92 Å². The highest BCUT2D eigenvalue weighted by Gasteiger charge is 2.42. The molecule has 3 atom stereocenters. The Kier molecular flexibility index (Phi) is 15.6. The largest absolute Gasteiger partial charge is 0.379 e. The lowest BCUT2D eigenvalue weighted by atomic mass is 10.0. The SMILES string of the molecule is [CH2]COCCOCCOCCOCCOCCNC(=O)CCCC[C@@H]1SC[C@@H]2NC(=O)N[C@@H]21. The maximum absolute atomic E-state index is 11.9. The normalized spacial score (nSPS) is 21.6. The lowest BCUT2D eigenvalue weighted by Crippen LogP contribution is -2.36. The molecule has 0 aliphatic carbocycles. The molecule has 10 nitrogen and oxygen atoms in total. The lowest BCUT2D eigenvalue weighted by Gasteiger charge is -2.16. The Bertz CT molecular complexity index is 544. The third-order valence-corrected chi connectivity index (χ3v) is 6.79. The van der Waals surface area contributed by atoms with E-state index in [1.165, 1.54) is 0 Å². The predicted molar refractivity (Wildman–Crippen MR) is 126 cm³/mol. The molecule has 2 heterocycles. The number of carbonyl (C=O) groups excluding carboxylic acids is 2. The van der Waals surface area contributed by atoms with Gasteiger partial charge in [-0.2, -0.15) is 11.8 Å². The number of hydrogen-bond donors (Lipinski definition) is 3. The quantitative estimate of drug-likeness (QED) is 0.159. The van der Waals surface area contributed by atoms with Crippen molar-refractivity contribution in [2.75, 3.05) is 78.4 Å². The van der Waals surface area contributed by atoms with Gasteiger partial charge in [0.25, 0.3) is 0 Å². The summed E-state index contributed by atoms with van der Waals surface area (Å²) in [6.45, 7) is 9.17. The Labute approximate surface area is 201 Å². The fourth-order valence-electron chi connectivity index (χ4n) is 3.61. The maximum atomic E-state index is 11.9. The highest BCUT2D eigenvalue weighted by molar-refractivity contribution is 8.00. The van der Waals surface area contributed by atoms with E-state index in [1.54, 1.807) is 0 Å². The third-order valence-electron chi connectivity index (χ3n) is 5.28. The smallest absolute Gasteiger partial charge is 0.315 e. The summed E-state index contributed by atoms with van der Waals surface area (Å²) in [6, 6.07) is 0.440. The van der Waals surface area contributed by atoms with E-state index in [0.29, 0.717) is 84.3 Å². The van der Waals surface area contributed by atoms with Crippen LogP contribution in [0.25, 0.3) is 0 Å². The van der Waals surface area contributed by atoms with Gasteiger partial charge in [0.15, 0.2) is 0 Å². The van der Waals surface area contributed by atoms with Crippen LogP contribution in [0.2, 0.25) is 0 Å². The number of nitrogens with one attached hydrogen (secondary N) is 3. The first kappa shape index (κ1) is 28.1. The van der Waals surface area contributed by atoms with Crippen LogP contribution in [0.3, 0.4) is 0 Å². The average Bonchev–Trinajstić information content (AvgIpc) is 3.35. The molecule has 11 heteroatoms. The first-order valence-electron chi connectivity index (χ1n) is 11.8. The summed E-state index contributed by atoms with van der Waals surface area (Å²) in [5, 5.41) is 9.28. The van der Waals surface area contributed by atoms with Crippen LogP contribution in [-0.4, -0.2) is 108 Å². The summed E-state index contributed by atoms with van der Waals surface area (Å²) in [5.41, 5.74) is 0. The Morgan fingerprint density at radius 1 is 0.909 bits per heavy atom. The molecule has 2 aliphatic rings. The number of urea groups is 1. The standard InChI is InChI=1S/C22H40N3O7S/c1-2-28-9-10-30-13-14-32-16-15-31-12-11-29-8-7-23-20(26)6-4-3-5-19-21-18(17-33-19)24-22(27)25-21/h18-19,21H,1-17H2,(H,23,26)(H2,24,25,27)/t18-,19-,21-/m0/s1. The van der Waals surface area contributed by atoms with Gasteiger partial charge >= 0.3 is 6.03 Å². The van der Waals surface area contributed by atoms with Crippen LogP contribution < -0.4 is 16.0 Å². The number of fused-ring (bicyclic) bond motifs is 1. The van der Waals surface area contributed by atoms with Crippen molar-refractivity contribution >= 4 is 23.7 Å². The van der Waals surface area contributed by atoms with Gasteiger partial charge in [0.05, 0.1) is 71.5 Å². The molecule has 1 radical (unpaired) electrons. The van der Waals surface area contributed by atoms with Gasteiger partial charge in [0, 0.05) is 30.6 Å². The van der Waals surface area contributed by atoms with Crippen LogP contribution >= 0.6 is 11.8 Å². The first-order chi connectivity index (χ1) is 16.2. The topological polar surface area (TPSA) is 116 Å². The van der Waals surface area contributed by atoms with E-state index in [9.17, 15) is 9.59 Å². The van der Waals surface area contributed by atoms with Gasteiger partial charge in [0.1, 0.15) is 0 Å². The minimum absolute atomic E-state index is 0.0538. The van der Waals surface area contributed by atoms with Crippen molar-refractivity contribution in [1.29, 1.82) is 0 Å². The second kappa shape index (κ2) is 18.2. The molecule has 2 fully saturated rings. The number of unbranched alkanes of at least 4 members (excludes halogenated alkanes) is 1. The average molecular weight is 491 g/mol. The molecule has 0 spiro atoms. The van der Waals surface area contributed by atoms with E-state index in [4.69, 9.17) is 23.7 Å². The molecule has 2 saturated heterocycles. The van der Waals surface area contributed by atoms with Crippen molar-refractivity contribution in [1.82, 2.24) is 16.0 Å². The molecule has 33 heavy (non-hydrogen) atoms. The number of thioether (sulfide) groups is 1. The molecular weight excluding hydrogens is 450 g/mol. The maximum Gasteiger partial charge on any atom is 0.315 e. The van der Waals surface area contributed by atoms with Crippen LogP contribution in [0.5, 0.6) is 0 Å². The van der Waals surface area contributed by atoms with Crippen molar-refractivity contribution < 1.29 is 33.3 Å². The summed E-state index contributed by atoms with van der Waals surface area (Å²) in [4.78, 5) is 23.3. The van der Waals surface area contributed by atoms with Crippen LogP contribution in [0.15, 0.2) is 0 Å². The van der Waals surface area contributed by atoms with Crippen molar-refractivity contribution in [2.24, 2.45) is 0 Å². The van der Waals surface area contributed by atoms with E-state index in [1.807, 2.05) is 11.8 Å². The number of hydrogen-bond acceptors (Lipinski definition) is 8. The van der Waals surface area contributed by atoms with Crippen molar-refractivity contribution in [3.05, 3.63) is 6.92 Å². The molecule has 0 bridgehead atoms. The fraction of sp³-hybridized carbons (Fsp3) is 0.864. The summed E-state index contributed by atoms with van der Waals surface area (Å²) < 4.78 is 26.7. The second-order valence-corrected chi connectivity index (χ2v) is 9.05. The van der Waals surface area contributed by atoms with E-state index < -0.39 is 0 Å². The Balaban J connectivity index is 1.27. The Morgan fingerprint density at radius 3 is 2.15 bits per heavy atom. The molecule has 2 aliphatic heterocycles. The van der Waals surface area contributed by atoms with E-state index in [0.717, 1.165) is 25.0 Å². The monoisotopic (exact) mass is 490 g/mol. The van der Waals surface area contributed by atoms with Gasteiger partial charge in [0.2, 0.25) is 5.91 Å². The zero-order valence-corrected chi connectivity index (χ0v) is 20.3. The number of ether oxygens (including phenoxy) is 5. The van der Waals surface area contributed by atoms with Gasteiger partial charge in [-0.1, -0.05) is 6.42 Å². The summed E-state index contributed by atoms with van der Waals surface area (Å²) in [6.07, 6.45) is 3.39. The highest BCUT2D eigenvalue weighted by Crippen LogP contribution is 2.33. The molecule has 0 aromatic heterocycles. The molecule has 191 valence electrons. The molecule has 0 aromatic carbocycles. The molecule has 0 unspecified atom stereocenters. The van der Waals surface area contributed by atoms with Gasteiger partial charge in [-0.15, -0.1) is 0 Å². The number of amides is 3. The Morgan fingerprint density at radius 2 is 1.52 bits per heavy atom.